The van der Waals surface area contributed by atoms with E-state index in [1.54, 1.807) is 6.20 Å². The molecule has 0 radical (unpaired) electrons. The first kappa shape index (κ1) is 18.1. The lowest BCUT2D eigenvalue weighted by molar-refractivity contribution is 0.178. The number of fused-ring (bicyclic) bond motifs is 1. The molecule has 0 amide bonds. The highest BCUT2D eigenvalue weighted by atomic mass is 16.5. The van der Waals surface area contributed by atoms with Crippen LogP contribution >= 0.6 is 0 Å². The largest absolute Gasteiger partial charge is 0.381 e. The van der Waals surface area contributed by atoms with Crippen LogP contribution in [0.25, 0.3) is 10.9 Å². The summed E-state index contributed by atoms with van der Waals surface area (Å²) >= 11 is 0. The molecule has 2 aliphatic heterocycles. The van der Waals surface area contributed by atoms with E-state index in [1.165, 1.54) is 10.9 Å². The Morgan fingerprint density at radius 1 is 1.28 bits per heavy atom. The van der Waals surface area contributed by atoms with Gasteiger partial charge in [-0.05, 0) is 42.5 Å². The molecule has 8 nitrogen and oxygen atoms in total. The van der Waals surface area contributed by atoms with Crippen LogP contribution in [0.15, 0.2) is 47.7 Å². The van der Waals surface area contributed by atoms with E-state index in [2.05, 4.69) is 67.3 Å². The minimum absolute atomic E-state index is 0.0789. The number of aromatic nitrogens is 3. The minimum Gasteiger partial charge on any atom is -0.381 e. The number of nitrogens with one attached hydrogen (secondary N) is 4. The molecule has 8 heteroatoms. The van der Waals surface area contributed by atoms with E-state index >= 15 is 0 Å². The third-order valence-electron chi connectivity index (χ3n) is 5.66. The van der Waals surface area contributed by atoms with E-state index in [0.717, 1.165) is 37.4 Å². The van der Waals surface area contributed by atoms with Crippen molar-refractivity contribution in [3.05, 3.63) is 48.3 Å². The smallest absolute Gasteiger partial charge is 0.225 e. The third-order valence-corrected chi connectivity index (χ3v) is 5.66. The monoisotopic (exact) mass is 391 g/mol. The number of aliphatic imine (C=N–C) groups is 1. The van der Waals surface area contributed by atoms with Crippen molar-refractivity contribution in [1.82, 2.24) is 25.8 Å². The molecule has 5 rings (SSSR count). The highest BCUT2D eigenvalue weighted by Gasteiger charge is 2.30. The van der Waals surface area contributed by atoms with Crippen molar-refractivity contribution >= 4 is 28.5 Å². The summed E-state index contributed by atoms with van der Waals surface area (Å²) in [4.78, 5) is 16.8. The van der Waals surface area contributed by atoms with Gasteiger partial charge in [0.25, 0.3) is 0 Å². The third kappa shape index (κ3) is 3.94. The standard InChI is InChI=1S/C21H25N7O/c1-13(14-2-3-17-15(10-14)4-7-22-17)24-21-23-8-5-19(26-21)25-20-11-18(27-28-20)16-6-9-29-12-16/h2-5,7-8,10,13,16,18,22,27H,6,9,11-12H2,1H3,(H2,23,24,25,26,28)/t13-,16?,18?/m0/s1. The molecule has 2 unspecified atom stereocenters. The van der Waals surface area contributed by atoms with Crippen LogP contribution in [0.2, 0.25) is 0 Å². The van der Waals surface area contributed by atoms with Gasteiger partial charge in [0, 0.05) is 49.0 Å². The van der Waals surface area contributed by atoms with Crippen LogP contribution in [-0.4, -0.2) is 40.0 Å². The minimum atomic E-state index is 0.0789. The molecule has 3 atom stereocenters. The number of aromatic amines is 1. The van der Waals surface area contributed by atoms with E-state index < -0.39 is 0 Å². The maximum absolute atomic E-state index is 5.49. The summed E-state index contributed by atoms with van der Waals surface area (Å²) in [6, 6.07) is 10.7. The summed E-state index contributed by atoms with van der Waals surface area (Å²) in [7, 11) is 0. The van der Waals surface area contributed by atoms with E-state index in [0.29, 0.717) is 23.7 Å². The van der Waals surface area contributed by atoms with E-state index in [1.807, 2.05) is 12.3 Å². The zero-order valence-corrected chi connectivity index (χ0v) is 16.4. The van der Waals surface area contributed by atoms with Gasteiger partial charge in [-0.1, -0.05) is 6.07 Å². The second-order valence-electron chi connectivity index (χ2n) is 7.69. The fourth-order valence-corrected chi connectivity index (χ4v) is 3.95. The van der Waals surface area contributed by atoms with Gasteiger partial charge in [0.1, 0.15) is 5.84 Å². The molecular formula is C21H25N7O. The number of rotatable bonds is 5. The summed E-state index contributed by atoms with van der Waals surface area (Å²) in [5.74, 6) is 2.65. The highest BCUT2D eigenvalue weighted by Crippen LogP contribution is 2.24. The van der Waals surface area contributed by atoms with Crippen molar-refractivity contribution in [3.63, 3.8) is 0 Å². The number of anilines is 1. The summed E-state index contributed by atoms with van der Waals surface area (Å²) in [5, 5.41) is 4.57. The Balaban J connectivity index is 1.27. The van der Waals surface area contributed by atoms with Crippen molar-refractivity contribution in [2.45, 2.75) is 31.8 Å². The van der Waals surface area contributed by atoms with Gasteiger partial charge in [-0.2, -0.15) is 4.98 Å². The summed E-state index contributed by atoms with van der Waals surface area (Å²) < 4.78 is 5.49. The first-order valence-electron chi connectivity index (χ1n) is 10.1. The number of hydrogen-bond donors (Lipinski definition) is 4. The zero-order chi connectivity index (χ0) is 19.6. The fraction of sp³-hybridized carbons (Fsp3) is 0.381. The number of H-pyrrole nitrogens is 1. The zero-order valence-electron chi connectivity index (χ0n) is 16.4. The van der Waals surface area contributed by atoms with Crippen LogP contribution in [0.4, 0.5) is 11.8 Å². The number of hydrogen-bond acceptors (Lipinski definition) is 6. The quantitative estimate of drug-likeness (QED) is 0.534. The molecule has 2 aromatic heterocycles. The molecule has 2 fully saturated rings. The summed E-state index contributed by atoms with van der Waals surface area (Å²) in [5.41, 5.74) is 8.84. The van der Waals surface area contributed by atoms with Crippen LogP contribution in [0.5, 0.6) is 0 Å². The SMILES string of the molecule is C[C@H](Nc1nccc(N=C2CC(C3CCOC3)NN2)n1)c1ccc2[nH]ccc2c1. The van der Waals surface area contributed by atoms with Gasteiger partial charge in [-0.15, -0.1) is 0 Å². The van der Waals surface area contributed by atoms with E-state index in [9.17, 15) is 0 Å². The number of ether oxygens (including phenoxy) is 1. The molecule has 0 aliphatic carbocycles. The Hall–Kier alpha value is -2.97. The predicted octanol–water partition coefficient (Wildman–Crippen LogP) is 3.06. The normalized spacial score (nSPS) is 24.1. The molecule has 0 spiro atoms. The maximum atomic E-state index is 5.49. The van der Waals surface area contributed by atoms with E-state index in [-0.39, 0.29) is 6.04 Å². The molecule has 4 heterocycles. The molecule has 2 aliphatic rings. The summed E-state index contributed by atoms with van der Waals surface area (Å²) in [6.45, 7) is 3.78. The first-order chi connectivity index (χ1) is 14.2. The van der Waals surface area contributed by atoms with Crippen LogP contribution in [0, 0.1) is 5.92 Å². The average Bonchev–Trinajstić information content (AvgIpc) is 3.48. The Morgan fingerprint density at radius 3 is 3.14 bits per heavy atom. The van der Waals surface area contributed by atoms with Gasteiger partial charge >= 0.3 is 0 Å². The molecular weight excluding hydrogens is 366 g/mol. The van der Waals surface area contributed by atoms with Crippen LogP contribution in [-0.2, 0) is 4.74 Å². The van der Waals surface area contributed by atoms with Gasteiger partial charge in [0.2, 0.25) is 5.95 Å². The number of nitrogens with zero attached hydrogens (tertiary/aromatic N) is 3. The van der Waals surface area contributed by atoms with Crippen LogP contribution < -0.4 is 16.2 Å². The number of hydrazine groups is 1. The molecule has 3 aromatic rings. The Morgan fingerprint density at radius 2 is 2.24 bits per heavy atom. The Bertz CT molecular complexity index is 1020. The molecule has 1 aromatic carbocycles. The van der Waals surface area contributed by atoms with Crippen molar-refractivity contribution in [2.75, 3.05) is 18.5 Å². The maximum Gasteiger partial charge on any atom is 0.225 e. The molecule has 2 saturated heterocycles. The highest BCUT2D eigenvalue weighted by molar-refractivity contribution is 5.86. The van der Waals surface area contributed by atoms with Gasteiger partial charge < -0.3 is 20.5 Å². The van der Waals surface area contributed by atoms with Gasteiger partial charge in [0.15, 0.2) is 5.82 Å². The predicted molar refractivity (Wildman–Crippen MR) is 113 cm³/mol. The molecule has 0 saturated carbocycles. The molecule has 4 N–H and O–H groups in total. The molecule has 0 bridgehead atoms. The van der Waals surface area contributed by atoms with Gasteiger partial charge in [0.05, 0.1) is 12.6 Å². The topological polar surface area (TPSA) is 99.2 Å². The Labute approximate surface area is 169 Å². The van der Waals surface area contributed by atoms with Crippen molar-refractivity contribution in [2.24, 2.45) is 10.9 Å². The average molecular weight is 391 g/mol. The number of amidine groups is 1. The second kappa shape index (κ2) is 7.81. The lowest BCUT2D eigenvalue weighted by Crippen LogP contribution is -2.36. The van der Waals surface area contributed by atoms with Crippen molar-refractivity contribution in [3.8, 4) is 0 Å². The first-order valence-corrected chi connectivity index (χ1v) is 10.1. The number of benzene rings is 1. The van der Waals surface area contributed by atoms with Gasteiger partial charge in [-0.3, -0.25) is 0 Å². The van der Waals surface area contributed by atoms with Crippen LogP contribution in [0.3, 0.4) is 0 Å². The molecule has 150 valence electrons. The van der Waals surface area contributed by atoms with Crippen LogP contribution in [0.1, 0.15) is 31.4 Å². The van der Waals surface area contributed by atoms with Crippen molar-refractivity contribution < 1.29 is 4.74 Å². The summed E-state index contributed by atoms with van der Waals surface area (Å²) in [6.07, 6.45) is 5.64. The van der Waals surface area contributed by atoms with Crippen molar-refractivity contribution in [1.29, 1.82) is 0 Å². The van der Waals surface area contributed by atoms with Gasteiger partial charge in [-0.25, -0.2) is 15.4 Å². The molecule has 29 heavy (non-hydrogen) atoms. The fourth-order valence-electron chi connectivity index (χ4n) is 3.95. The van der Waals surface area contributed by atoms with E-state index in [4.69, 9.17) is 4.74 Å². The second-order valence-corrected chi connectivity index (χ2v) is 7.69. The lowest BCUT2D eigenvalue weighted by Gasteiger charge is -2.14. The lowest BCUT2D eigenvalue weighted by atomic mass is 9.98. The Kier molecular flexibility index (Phi) is 4.87.